The van der Waals surface area contributed by atoms with Crippen molar-refractivity contribution in [2.24, 2.45) is 5.92 Å². The smallest absolute Gasteiger partial charge is 0.298 e. The standard InChI is InChI=1S/C21H22FN3O2/c1-14-6-7-15(12-17(14)22)13-23-20(26)16-8-10-25(11-9-16)21-24-18-4-2-3-5-19(18)27-21/h2-7,12,16H,8-11,13H2,1H3,(H,23,26). The van der Waals surface area contributed by atoms with E-state index in [1.165, 1.54) is 6.07 Å². The number of oxazole rings is 1. The van der Waals surface area contributed by atoms with E-state index >= 15 is 0 Å². The molecule has 1 aromatic heterocycles. The molecule has 1 amide bonds. The number of amides is 1. The minimum absolute atomic E-state index is 0.0215. The maximum Gasteiger partial charge on any atom is 0.298 e. The number of aromatic nitrogens is 1. The molecule has 27 heavy (non-hydrogen) atoms. The second-order valence-corrected chi connectivity index (χ2v) is 7.03. The molecule has 4 rings (SSSR count). The number of aryl methyl sites for hydroxylation is 1. The lowest BCUT2D eigenvalue weighted by atomic mass is 9.96. The largest absolute Gasteiger partial charge is 0.423 e. The van der Waals surface area contributed by atoms with Crippen LogP contribution < -0.4 is 10.2 Å². The van der Waals surface area contributed by atoms with Crippen LogP contribution in [-0.4, -0.2) is 24.0 Å². The van der Waals surface area contributed by atoms with E-state index in [-0.39, 0.29) is 17.6 Å². The molecule has 5 nitrogen and oxygen atoms in total. The molecular formula is C21H22FN3O2. The minimum Gasteiger partial charge on any atom is -0.423 e. The summed E-state index contributed by atoms with van der Waals surface area (Å²) in [6, 6.07) is 13.4. The predicted octanol–water partition coefficient (Wildman–Crippen LogP) is 3.81. The first-order valence-corrected chi connectivity index (χ1v) is 9.23. The van der Waals surface area contributed by atoms with Crippen molar-refractivity contribution in [2.75, 3.05) is 18.0 Å². The summed E-state index contributed by atoms with van der Waals surface area (Å²) in [5, 5.41) is 2.93. The zero-order valence-corrected chi connectivity index (χ0v) is 15.2. The van der Waals surface area contributed by atoms with Gasteiger partial charge in [-0.05, 0) is 49.1 Å². The Morgan fingerprint density at radius 1 is 1.26 bits per heavy atom. The predicted molar refractivity (Wildman–Crippen MR) is 102 cm³/mol. The molecule has 1 N–H and O–H groups in total. The molecule has 0 unspecified atom stereocenters. The number of rotatable bonds is 4. The van der Waals surface area contributed by atoms with Gasteiger partial charge in [-0.25, -0.2) is 4.39 Å². The van der Waals surface area contributed by atoms with E-state index in [4.69, 9.17) is 4.42 Å². The zero-order chi connectivity index (χ0) is 18.8. The molecule has 0 bridgehead atoms. The van der Waals surface area contributed by atoms with Crippen LogP contribution in [0.15, 0.2) is 46.9 Å². The number of nitrogens with zero attached hydrogens (tertiary/aromatic N) is 2. The molecule has 0 saturated carbocycles. The molecule has 1 aliphatic rings. The first-order chi connectivity index (χ1) is 13.1. The lowest BCUT2D eigenvalue weighted by molar-refractivity contribution is -0.125. The summed E-state index contributed by atoms with van der Waals surface area (Å²) in [5.41, 5.74) is 3.00. The van der Waals surface area contributed by atoms with Gasteiger partial charge in [0.15, 0.2) is 5.58 Å². The van der Waals surface area contributed by atoms with Crippen LogP contribution in [0, 0.1) is 18.7 Å². The zero-order valence-electron chi connectivity index (χ0n) is 15.2. The normalized spacial score (nSPS) is 15.3. The van der Waals surface area contributed by atoms with Gasteiger partial charge in [-0.15, -0.1) is 0 Å². The number of halogens is 1. The molecular weight excluding hydrogens is 345 g/mol. The number of carbonyl (C=O) groups is 1. The van der Waals surface area contributed by atoms with Crippen molar-refractivity contribution >= 4 is 23.0 Å². The Kier molecular flexibility index (Phi) is 4.79. The van der Waals surface area contributed by atoms with Gasteiger partial charge in [0.25, 0.3) is 6.01 Å². The van der Waals surface area contributed by atoms with Gasteiger partial charge >= 0.3 is 0 Å². The summed E-state index contributed by atoms with van der Waals surface area (Å²) in [6.45, 7) is 3.53. The van der Waals surface area contributed by atoms with Crippen LogP contribution in [-0.2, 0) is 11.3 Å². The van der Waals surface area contributed by atoms with Gasteiger partial charge in [0.05, 0.1) is 0 Å². The van der Waals surface area contributed by atoms with Crippen LogP contribution in [0.2, 0.25) is 0 Å². The summed E-state index contributed by atoms with van der Waals surface area (Å²) in [6.07, 6.45) is 1.49. The highest BCUT2D eigenvalue weighted by atomic mass is 19.1. The van der Waals surface area contributed by atoms with E-state index in [1.807, 2.05) is 30.3 Å². The summed E-state index contributed by atoms with van der Waals surface area (Å²) in [5.74, 6) is -0.262. The SMILES string of the molecule is Cc1ccc(CNC(=O)C2CCN(c3nc4ccccc4o3)CC2)cc1F. The van der Waals surface area contributed by atoms with E-state index in [0.29, 0.717) is 18.1 Å². The number of carbonyl (C=O) groups excluding carboxylic acids is 1. The van der Waals surface area contributed by atoms with Gasteiger partial charge in [-0.1, -0.05) is 24.3 Å². The van der Waals surface area contributed by atoms with Crippen molar-refractivity contribution < 1.29 is 13.6 Å². The molecule has 3 aromatic rings. The number of nitrogens with one attached hydrogen (secondary N) is 1. The van der Waals surface area contributed by atoms with Gasteiger partial charge in [0.1, 0.15) is 11.3 Å². The van der Waals surface area contributed by atoms with E-state index in [9.17, 15) is 9.18 Å². The highest BCUT2D eigenvalue weighted by Gasteiger charge is 2.27. The van der Waals surface area contributed by atoms with Crippen molar-refractivity contribution in [3.05, 3.63) is 59.4 Å². The number of hydrogen-bond donors (Lipinski definition) is 1. The molecule has 1 aliphatic heterocycles. The highest BCUT2D eigenvalue weighted by molar-refractivity contribution is 5.79. The monoisotopic (exact) mass is 367 g/mol. The summed E-state index contributed by atoms with van der Waals surface area (Å²) in [4.78, 5) is 19.0. The molecule has 1 fully saturated rings. The van der Waals surface area contributed by atoms with E-state index in [1.54, 1.807) is 13.0 Å². The van der Waals surface area contributed by atoms with Crippen molar-refractivity contribution in [2.45, 2.75) is 26.3 Å². The molecule has 0 atom stereocenters. The molecule has 1 saturated heterocycles. The Labute approximate surface area is 157 Å². The van der Waals surface area contributed by atoms with Gasteiger partial charge in [-0.3, -0.25) is 4.79 Å². The number of piperidine rings is 1. The maximum absolute atomic E-state index is 13.6. The average molecular weight is 367 g/mol. The van der Waals surface area contributed by atoms with Gasteiger partial charge in [-0.2, -0.15) is 4.98 Å². The van der Waals surface area contributed by atoms with Crippen LogP contribution in [0.5, 0.6) is 0 Å². The molecule has 140 valence electrons. The number of anilines is 1. The fourth-order valence-corrected chi connectivity index (χ4v) is 3.41. The third kappa shape index (κ3) is 3.79. The van der Waals surface area contributed by atoms with Crippen LogP contribution in [0.1, 0.15) is 24.0 Å². The van der Waals surface area contributed by atoms with Crippen molar-refractivity contribution in [1.82, 2.24) is 10.3 Å². The van der Waals surface area contributed by atoms with Crippen LogP contribution >= 0.6 is 0 Å². The molecule has 0 aliphatic carbocycles. The topological polar surface area (TPSA) is 58.4 Å². The molecule has 0 spiro atoms. The first-order valence-electron chi connectivity index (χ1n) is 9.23. The van der Waals surface area contributed by atoms with Crippen molar-refractivity contribution in [3.8, 4) is 0 Å². The molecule has 0 radical (unpaired) electrons. The summed E-state index contributed by atoms with van der Waals surface area (Å²) < 4.78 is 19.4. The Hall–Kier alpha value is -2.89. The number of benzene rings is 2. The quantitative estimate of drug-likeness (QED) is 0.762. The van der Waals surface area contributed by atoms with Crippen molar-refractivity contribution in [3.63, 3.8) is 0 Å². The third-order valence-corrected chi connectivity index (χ3v) is 5.12. The van der Waals surface area contributed by atoms with E-state index < -0.39 is 0 Å². The highest BCUT2D eigenvalue weighted by Crippen LogP contribution is 2.26. The fraction of sp³-hybridized carbons (Fsp3) is 0.333. The van der Waals surface area contributed by atoms with Gasteiger partial charge in [0, 0.05) is 25.6 Å². The Bertz CT molecular complexity index is 928. The summed E-state index contributed by atoms with van der Waals surface area (Å²) in [7, 11) is 0. The van der Waals surface area contributed by atoms with Crippen LogP contribution in [0.3, 0.4) is 0 Å². The minimum atomic E-state index is -0.242. The van der Waals surface area contributed by atoms with E-state index in [0.717, 1.165) is 42.6 Å². The van der Waals surface area contributed by atoms with E-state index in [2.05, 4.69) is 15.2 Å². The fourth-order valence-electron chi connectivity index (χ4n) is 3.41. The first kappa shape index (κ1) is 17.5. The Balaban J connectivity index is 1.31. The number of hydrogen-bond acceptors (Lipinski definition) is 4. The lowest BCUT2D eigenvalue weighted by Gasteiger charge is -2.30. The number of para-hydroxylation sites is 2. The number of fused-ring (bicyclic) bond motifs is 1. The van der Waals surface area contributed by atoms with Crippen LogP contribution in [0.4, 0.5) is 10.4 Å². The molecule has 2 heterocycles. The lowest BCUT2D eigenvalue weighted by Crippen LogP contribution is -2.40. The van der Waals surface area contributed by atoms with Gasteiger partial charge in [0.2, 0.25) is 5.91 Å². The molecule has 2 aromatic carbocycles. The second kappa shape index (κ2) is 7.39. The van der Waals surface area contributed by atoms with Crippen LogP contribution in [0.25, 0.3) is 11.1 Å². The second-order valence-electron chi connectivity index (χ2n) is 7.03. The Morgan fingerprint density at radius 3 is 2.78 bits per heavy atom. The average Bonchev–Trinajstić information content (AvgIpc) is 3.13. The Morgan fingerprint density at radius 2 is 2.04 bits per heavy atom. The third-order valence-electron chi connectivity index (χ3n) is 5.12. The van der Waals surface area contributed by atoms with Gasteiger partial charge < -0.3 is 14.6 Å². The maximum atomic E-state index is 13.6. The molecule has 6 heteroatoms. The summed E-state index contributed by atoms with van der Waals surface area (Å²) >= 11 is 0. The van der Waals surface area contributed by atoms with Crippen molar-refractivity contribution in [1.29, 1.82) is 0 Å².